The Bertz CT molecular complexity index is 1110. The molecular weight excluding hydrogens is 420 g/mol. The SMILES string of the molecule is Cn1cc(NC(=O)c2cnn3ccc(N[C@H]4CC(F)(F)CC[C@H]4N)nc23)c(C(F)F)n1. The van der Waals surface area contributed by atoms with Crippen molar-refractivity contribution in [2.24, 2.45) is 12.8 Å². The van der Waals surface area contributed by atoms with Crippen molar-refractivity contribution in [2.75, 3.05) is 10.6 Å². The number of nitrogens with zero attached hydrogens (tertiary/aromatic N) is 5. The highest BCUT2D eigenvalue weighted by atomic mass is 19.3. The van der Waals surface area contributed by atoms with E-state index in [4.69, 9.17) is 5.73 Å². The normalized spacial score (nSPS) is 20.9. The molecule has 4 rings (SSSR count). The standard InChI is InChI=1S/C18H20F4N8O/c1-29-8-12(14(28-29)15(19)20)26-17(31)9-7-24-30-5-3-13(27-16(9)30)25-11-6-18(21,22)4-2-10(11)23/h3,5,7-8,10-11,15H,2,4,6,23H2,1H3,(H,25,27)(H,26,31)/t10-,11+/m1/s1. The molecule has 166 valence electrons. The molecule has 3 aromatic heterocycles. The second kappa shape index (κ2) is 7.80. The Morgan fingerprint density at radius 2 is 2.16 bits per heavy atom. The van der Waals surface area contributed by atoms with Crippen LogP contribution in [-0.2, 0) is 7.05 Å². The van der Waals surface area contributed by atoms with Crippen LogP contribution >= 0.6 is 0 Å². The zero-order chi connectivity index (χ0) is 22.3. The number of anilines is 2. The number of halogens is 4. The van der Waals surface area contributed by atoms with E-state index in [2.05, 4.69) is 25.8 Å². The highest BCUT2D eigenvalue weighted by Gasteiger charge is 2.40. The first-order valence-electron chi connectivity index (χ1n) is 9.50. The van der Waals surface area contributed by atoms with Crippen LogP contribution in [0, 0.1) is 0 Å². The van der Waals surface area contributed by atoms with E-state index in [0.29, 0.717) is 0 Å². The minimum absolute atomic E-state index is 0.0194. The molecule has 1 amide bonds. The predicted molar refractivity (Wildman–Crippen MR) is 103 cm³/mol. The monoisotopic (exact) mass is 440 g/mol. The van der Waals surface area contributed by atoms with E-state index in [1.807, 2.05) is 0 Å². The summed E-state index contributed by atoms with van der Waals surface area (Å²) in [5.74, 6) is -3.28. The Hall–Kier alpha value is -3.22. The maximum absolute atomic E-state index is 13.8. The molecule has 1 fully saturated rings. The maximum Gasteiger partial charge on any atom is 0.284 e. The van der Waals surface area contributed by atoms with Gasteiger partial charge in [-0.3, -0.25) is 9.48 Å². The van der Waals surface area contributed by atoms with E-state index in [9.17, 15) is 22.4 Å². The molecule has 1 aliphatic rings. The van der Waals surface area contributed by atoms with Crippen LogP contribution in [0.25, 0.3) is 5.65 Å². The van der Waals surface area contributed by atoms with Gasteiger partial charge in [-0.25, -0.2) is 27.1 Å². The molecule has 31 heavy (non-hydrogen) atoms. The summed E-state index contributed by atoms with van der Waals surface area (Å²) in [5, 5.41) is 13.0. The van der Waals surface area contributed by atoms with Gasteiger partial charge in [0.15, 0.2) is 11.3 Å². The quantitative estimate of drug-likeness (QED) is 0.526. The van der Waals surface area contributed by atoms with E-state index in [0.717, 1.165) is 4.68 Å². The number of nitrogens with one attached hydrogen (secondary N) is 2. The molecule has 9 nitrogen and oxygen atoms in total. The third-order valence-corrected chi connectivity index (χ3v) is 5.14. The number of aromatic nitrogens is 5. The Balaban J connectivity index is 1.58. The number of hydrogen-bond acceptors (Lipinski definition) is 6. The van der Waals surface area contributed by atoms with Crippen molar-refractivity contribution in [3.05, 3.63) is 35.9 Å². The van der Waals surface area contributed by atoms with Crippen molar-refractivity contribution in [2.45, 2.75) is 43.7 Å². The lowest BCUT2D eigenvalue weighted by atomic mass is 9.88. The molecule has 3 aromatic rings. The lowest BCUT2D eigenvalue weighted by molar-refractivity contribution is -0.0415. The fraction of sp³-hybridized carbons (Fsp3) is 0.444. The van der Waals surface area contributed by atoms with Gasteiger partial charge in [0, 0.05) is 44.4 Å². The molecule has 0 spiro atoms. The van der Waals surface area contributed by atoms with Gasteiger partial charge in [0.2, 0.25) is 5.92 Å². The van der Waals surface area contributed by atoms with Gasteiger partial charge in [0.25, 0.3) is 12.3 Å². The van der Waals surface area contributed by atoms with Gasteiger partial charge in [-0.2, -0.15) is 10.2 Å². The molecule has 13 heteroatoms. The average Bonchev–Trinajstić information content (AvgIpc) is 3.27. The van der Waals surface area contributed by atoms with Crippen molar-refractivity contribution in [3.63, 3.8) is 0 Å². The Morgan fingerprint density at radius 3 is 2.90 bits per heavy atom. The molecule has 4 N–H and O–H groups in total. The highest BCUT2D eigenvalue weighted by Crippen LogP contribution is 2.34. The van der Waals surface area contributed by atoms with Crippen LogP contribution in [0.2, 0.25) is 0 Å². The number of hydrogen-bond donors (Lipinski definition) is 3. The molecule has 0 aliphatic heterocycles. The summed E-state index contributed by atoms with van der Waals surface area (Å²) in [6, 6.07) is 0.364. The Morgan fingerprint density at radius 1 is 1.39 bits per heavy atom. The smallest absolute Gasteiger partial charge is 0.284 e. The molecule has 0 unspecified atom stereocenters. The largest absolute Gasteiger partial charge is 0.365 e. The number of alkyl halides is 4. The molecule has 1 saturated carbocycles. The van der Waals surface area contributed by atoms with Crippen molar-refractivity contribution >= 4 is 23.1 Å². The average molecular weight is 440 g/mol. The number of rotatable bonds is 5. The minimum atomic E-state index is -2.87. The summed E-state index contributed by atoms with van der Waals surface area (Å²) in [6.45, 7) is 0. The zero-order valence-corrected chi connectivity index (χ0v) is 16.4. The number of amides is 1. The number of aryl methyl sites for hydroxylation is 1. The topological polar surface area (TPSA) is 115 Å². The van der Waals surface area contributed by atoms with Crippen molar-refractivity contribution < 1.29 is 22.4 Å². The summed E-state index contributed by atoms with van der Waals surface area (Å²) < 4.78 is 56.2. The van der Waals surface area contributed by atoms with Gasteiger partial charge in [-0.1, -0.05) is 0 Å². The van der Waals surface area contributed by atoms with Crippen LogP contribution in [0.3, 0.4) is 0 Å². The zero-order valence-electron chi connectivity index (χ0n) is 16.4. The predicted octanol–water partition coefficient (Wildman–Crippen LogP) is 2.58. The van der Waals surface area contributed by atoms with Gasteiger partial charge >= 0.3 is 0 Å². The Labute approximate surface area is 173 Å². The molecular formula is C18H20F4N8O. The first-order chi connectivity index (χ1) is 14.6. The van der Waals surface area contributed by atoms with E-state index in [1.54, 1.807) is 0 Å². The van der Waals surface area contributed by atoms with Crippen LogP contribution in [0.5, 0.6) is 0 Å². The minimum Gasteiger partial charge on any atom is -0.365 e. The molecule has 0 bridgehead atoms. The number of carbonyl (C=O) groups is 1. The molecule has 0 saturated heterocycles. The third kappa shape index (κ3) is 4.31. The lowest BCUT2D eigenvalue weighted by Gasteiger charge is -2.34. The highest BCUT2D eigenvalue weighted by molar-refractivity contribution is 6.08. The Kier molecular flexibility index (Phi) is 5.29. The van der Waals surface area contributed by atoms with Crippen LogP contribution in [0.4, 0.5) is 29.1 Å². The van der Waals surface area contributed by atoms with Crippen LogP contribution in [0.15, 0.2) is 24.7 Å². The molecule has 2 atom stereocenters. The fourth-order valence-electron chi connectivity index (χ4n) is 3.56. The van der Waals surface area contributed by atoms with Gasteiger partial charge < -0.3 is 16.4 Å². The van der Waals surface area contributed by atoms with Crippen molar-refractivity contribution in [1.82, 2.24) is 24.4 Å². The third-order valence-electron chi connectivity index (χ3n) is 5.14. The first kappa shape index (κ1) is 21.0. The number of nitrogens with two attached hydrogens (primary N) is 1. The number of carbonyl (C=O) groups excluding carboxylic acids is 1. The second-order valence-corrected chi connectivity index (χ2v) is 7.51. The summed E-state index contributed by atoms with van der Waals surface area (Å²) in [6.07, 6.45) is 0.613. The van der Waals surface area contributed by atoms with E-state index in [1.165, 1.54) is 36.2 Å². The lowest BCUT2D eigenvalue weighted by Crippen LogP contribution is -2.48. The maximum atomic E-state index is 13.8. The van der Waals surface area contributed by atoms with E-state index in [-0.39, 0.29) is 35.6 Å². The number of fused-ring (bicyclic) bond motifs is 1. The van der Waals surface area contributed by atoms with Gasteiger partial charge in [-0.15, -0.1) is 0 Å². The van der Waals surface area contributed by atoms with Crippen LogP contribution < -0.4 is 16.4 Å². The molecule has 0 aromatic carbocycles. The molecule has 3 heterocycles. The summed E-state index contributed by atoms with van der Waals surface area (Å²) in [5.41, 5.74) is 5.42. The van der Waals surface area contributed by atoms with Crippen molar-refractivity contribution in [3.8, 4) is 0 Å². The molecule has 0 radical (unpaired) electrons. The second-order valence-electron chi connectivity index (χ2n) is 7.51. The molecule has 1 aliphatic carbocycles. The first-order valence-corrected chi connectivity index (χ1v) is 9.50. The van der Waals surface area contributed by atoms with E-state index >= 15 is 0 Å². The van der Waals surface area contributed by atoms with Gasteiger partial charge in [0.05, 0.1) is 11.9 Å². The van der Waals surface area contributed by atoms with Crippen LogP contribution in [-0.4, -0.2) is 48.3 Å². The van der Waals surface area contributed by atoms with Gasteiger partial charge in [0.1, 0.15) is 11.4 Å². The van der Waals surface area contributed by atoms with Gasteiger partial charge in [-0.05, 0) is 12.5 Å². The van der Waals surface area contributed by atoms with Crippen LogP contribution in [0.1, 0.15) is 41.7 Å². The van der Waals surface area contributed by atoms with E-state index < -0.39 is 42.5 Å². The summed E-state index contributed by atoms with van der Waals surface area (Å²) in [7, 11) is 1.45. The fourth-order valence-corrected chi connectivity index (χ4v) is 3.56. The summed E-state index contributed by atoms with van der Waals surface area (Å²) >= 11 is 0. The van der Waals surface area contributed by atoms with Crippen molar-refractivity contribution in [1.29, 1.82) is 0 Å². The summed E-state index contributed by atoms with van der Waals surface area (Å²) in [4.78, 5) is 17.0.